The maximum Gasteiger partial charge on any atom is 0.222 e. The minimum atomic E-state index is -1.11. The number of hydrogen-bond acceptors (Lipinski definition) is 3. The van der Waals surface area contributed by atoms with Crippen molar-refractivity contribution in [1.29, 1.82) is 0 Å². The molecule has 5 heteroatoms. The van der Waals surface area contributed by atoms with Crippen LogP contribution in [0.5, 0.6) is 0 Å². The molecule has 0 heterocycles. The van der Waals surface area contributed by atoms with E-state index in [0.29, 0.717) is 0 Å². The third-order valence-corrected chi connectivity index (χ3v) is 2.07. The maximum absolute atomic E-state index is 13.3. The summed E-state index contributed by atoms with van der Waals surface area (Å²) >= 11 is 5.65. The number of Topliss-reactive ketones (excluding diaryl/α,β-unsaturated/α-hetero) is 1. The van der Waals surface area contributed by atoms with E-state index in [1.54, 1.807) is 0 Å². The van der Waals surface area contributed by atoms with Crippen molar-refractivity contribution in [1.82, 2.24) is 0 Å². The Morgan fingerprint density at radius 1 is 1.40 bits per heavy atom. The van der Waals surface area contributed by atoms with E-state index in [-0.39, 0.29) is 10.6 Å². The Balaban J connectivity index is 3.04. The number of carbonyl (C=O) groups excluding carboxylic acids is 1. The number of benzene rings is 1. The number of ether oxygens (including phenoxy) is 2. The molecule has 0 aromatic heterocycles. The summed E-state index contributed by atoms with van der Waals surface area (Å²) in [6.45, 7) is 0. The summed E-state index contributed by atoms with van der Waals surface area (Å²) in [5.41, 5.74) is -0.142. The van der Waals surface area contributed by atoms with Crippen molar-refractivity contribution in [2.24, 2.45) is 0 Å². The number of ketones is 1. The SMILES string of the molecule is COC(OC)C(=O)c1cc(Cl)ccc1F. The molecular formula is C10H10ClFO3. The third kappa shape index (κ3) is 2.75. The van der Waals surface area contributed by atoms with Crippen LogP contribution < -0.4 is 0 Å². The number of halogens is 2. The fourth-order valence-electron chi connectivity index (χ4n) is 1.12. The predicted octanol–water partition coefficient (Wildman–Crippen LogP) is 2.28. The number of methoxy groups -OCH3 is 2. The zero-order valence-corrected chi connectivity index (χ0v) is 9.05. The smallest absolute Gasteiger partial charge is 0.222 e. The Hall–Kier alpha value is -0.970. The molecule has 0 amide bonds. The van der Waals surface area contributed by atoms with Gasteiger partial charge in [-0.3, -0.25) is 4.79 Å². The van der Waals surface area contributed by atoms with E-state index in [1.807, 2.05) is 0 Å². The van der Waals surface area contributed by atoms with E-state index in [9.17, 15) is 9.18 Å². The van der Waals surface area contributed by atoms with Gasteiger partial charge in [0.2, 0.25) is 12.1 Å². The van der Waals surface area contributed by atoms with Crippen molar-refractivity contribution in [3.63, 3.8) is 0 Å². The van der Waals surface area contributed by atoms with Crippen molar-refractivity contribution in [3.05, 3.63) is 34.6 Å². The summed E-state index contributed by atoms with van der Waals surface area (Å²) in [5, 5.41) is 0.283. The lowest BCUT2D eigenvalue weighted by Crippen LogP contribution is -2.25. The van der Waals surface area contributed by atoms with Gasteiger partial charge in [-0.2, -0.15) is 0 Å². The van der Waals surface area contributed by atoms with Gasteiger partial charge in [0, 0.05) is 19.2 Å². The van der Waals surface area contributed by atoms with Gasteiger partial charge in [0.25, 0.3) is 0 Å². The fourth-order valence-corrected chi connectivity index (χ4v) is 1.30. The summed E-state index contributed by atoms with van der Waals surface area (Å²) in [6.07, 6.45) is -1.11. The quantitative estimate of drug-likeness (QED) is 0.590. The minimum Gasteiger partial charge on any atom is -0.349 e. The third-order valence-electron chi connectivity index (χ3n) is 1.84. The number of hydrogen-bond donors (Lipinski definition) is 0. The Morgan fingerprint density at radius 3 is 2.53 bits per heavy atom. The van der Waals surface area contributed by atoms with Crippen LogP contribution in [-0.4, -0.2) is 26.3 Å². The normalized spacial score (nSPS) is 10.7. The van der Waals surface area contributed by atoms with E-state index >= 15 is 0 Å². The van der Waals surface area contributed by atoms with Gasteiger partial charge < -0.3 is 9.47 Å². The fraction of sp³-hybridized carbons (Fsp3) is 0.300. The zero-order valence-electron chi connectivity index (χ0n) is 8.29. The van der Waals surface area contributed by atoms with E-state index < -0.39 is 17.9 Å². The van der Waals surface area contributed by atoms with Crippen LogP contribution in [0.2, 0.25) is 5.02 Å². The summed E-state index contributed by atoms with van der Waals surface area (Å²) in [7, 11) is 2.60. The first-order valence-corrected chi connectivity index (χ1v) is 4.52. The lowest BCUT2D eigenvalue weighted by atomic mass is 10.1. The van der Waals surface area contributed by atoms with Gasteiger partial charge in [0.15, 0.2) is 0 Å². The molecule has 0 fully saturated rings. The Bertz CT molecular complexity index is 364. The Kier molecular flexibility index (Phi) is 4.20. The molecule has 0 aliphatic rings. The molecule has 0 saturated heterocycles. The molecule has 0 spiro atoms. The van der Waals surface area contributed by atoms with E-state index in [1.165, 1.54) is 26.4 Å². The minimum absolute atomic E-state index is 0.142. The van der Waals surface area contributed by atoms with Gasteiger partial charge in [0.05, 0.1) is 5.56 Å². The van der Waals surface area contributed by atoms with Crippen LogP contribution in [0.25, 0.3) is 0 Å². The molecule has 0 saturated carbocycles. The van der Waals surface area contributed by atoms with Gasteiger partial charge in [-0.15, -0.1) is 0 Å². The first-order valence-electron chi connectivity index (χ1n) is 4.15. The largest absolute Gasteiger partial charge is 0.349 e. The molecule has 15 heavy (non-hydrogen) atoms. The molecule has 0 aliphatic heterocycles. The standard InChI is InChI=1S/C10H10ClFO3/c1-14-10(15-2)9(13)7-5-6(11)3-4-8(7)12/h3-5,10H,1-2H3. The summed E-state index contributed by atoms with van der Waals surface area (Å²) in [6, 6.07) is 3.73. The first kappa shape index (κ1) is 12.1. The second kappa shape index (κ2) is 5.21. The van der Waals surface area contributed by atoms with Gasteiger partial charge in [-0.25, -0.2) is 4.39 Å². The summed E-state index contributed by atoms with van der Waals surface area (Å²) in [4.78, 5) is 11.6. The van der Waals surface area contributed by atoms with E-state index in [0.717, 1.165) is 6.07 Å². The molecule has 0 radical (unpaired) electrons. The zero-order chi connectivity index (χ0) is 11.4. The second-order valence-electron chi connectivity index (χ2n) is 2.79. The van der Waals surface area contributed by atoms with Gasteiger partial charge in [-0.05, 0) is 18.2 Å². The molecular weight excluding hydrogens is 223 g/mol. The molecule has 0 bridgehead atoms. The first-order chi connectivity index (χ1) is 7.10. The van der Waals surface area contributed by atoms with Crippen molar-refractivity contribution in [3.8, 4) is 0 Å². The van der Waals surface area contributed by atoms with Crippen LogP contribution in [-0.2, 0) is 9.47 Å². The molecule has 1 rings (SSSR count). The van der Waals surface area contributed by atoms with Crippen molar-refractivity contribution in [2.75, 3.05) is 14.2 Å². The molecule has 1 aromatic rings. The van der Waals surface area contributed by atoms with Crippen LogP contribution in [0.1, 0.15) is 10.4 Å². The molecule has 0 atom stereocenters. The Labute approximate surface area is 91.7 Å². The monoisotopic (exact) mass is 232 g/mol. The van der Waals surface area contributed by atoms with Crippen LogP contribution in [0.4, 0.5) is 4.39 Å². The van der Waals surface area contributed by atoms with E-state index in [4.69, 9.17) is 21.1 Å². The van der Waals surface area contributed by atoms with E-state index in [2.05, 4.69) is 0 Å². The van der Waals surface area contributed by atoms with Crippen molar-refractivity contribution >= 4 is 17.4 Å². The Morgan fingerprint density at radius 2 is 2.00 bits per heavy atom. The highest BCUT2D eigenvalue weighted by Crippen LogP contribution is 2.17. The van der Waals surface area contributed by atoms with Crippen LogP contribution in [0.3, 0.4) is 0 Å². The van der Waals surface area contributed by atoms with Gasteiger partial charge in [0.1, 0.15) is 5.82 Å². The highest BCUT2D eigenvalue weighted by Gasteiger charge is 2.22. The maximum atomic E-state index is 13.3. The topological polar surface area (TPSA) is 35.5 Å². The average molecular weight is 233 g/mol. The highest BCUT2D eigenvalue weighted by atomic mass is 35.5. The lowest BCUT2D eigenvalue weighted by molar-refractivity contribution is -0.0743. The van der Waals surface area contributed by atoms with Crippen LogP contribution in [0.15, 0.2) is 18.2 Å². The summed E-state index contributed by atoms with van der Waals surface area (Å²) in [5.74, 6) is -1.25. The van der Waals surface area contributed by atoms with Gasteiger partial charge in [-0.1, -0.05) is 11.6 Å². The van der Waals surface area contributed by atoms with Crippen LogP contribution in [0, 0.1) is 5.82 Å². The molecule has 0 unspecified atom stereocenters. The molecule has 82 valence electrons. The lowest BCUT2D eigenvalue weighted by Gasteiger charge is -2.12. The molecule has 0 aliphatic carbocycles. The number of carbonyl (C=O) groups is 1. The van der Waals surface area contributed by atoms with Gasteiger partial charge >= 0.3 is 0 Å². The van der Waals surface area contributed by atoms with Crippen molar-refractivity contribution in [2.45, 2.75) is 6.29 Å². The van der Waals surface area contributed by atoms with Crippen LogP contribution >= 0.6 is 11.6 Å². The summed E-state index contributed by atoms with van der Waals surface area (Å²) < 4.78 is 22.7. The molecule has 0 N–H and O–H groups in total. The van der Waals surface area contributed by atoms with Crippen molar-refractivity contribution < 1.29 is 18.7 Å². The highest BCUT2D eigenvalue weighted by molar-refractivity contribution is 6.31. The average Bonchev–Trinajstić information content (AvgIpc) is 2.23. The molecule has 3 nitrogen and oxygen atoms in total. The number of rotatable bonds is 4. The predicted molar refractivity (Wildman–Crippen MR) is 53.5 cm³/mol. The second-order valence-corrected chi connectivity index (χ2v) is 3.23. The molecule has 1 aromatic carbocycles.